The zero-order chi connectivity index (χ0) is 26.1. The summed E-state index contributed by atoms with van der Waals surface area (Å²) in [6, 6.07) is 12.1. The van der Waals surface area contributed by atoms with Crippen molar-refractivity contribution >= 4 is 0 Å². The van der Waals surface area contributed by atoms with Gasteiger partial charge in [-0.15, -0.1) is 13.2 Å². The minimum absolute atomic E-state index is 0.212. The Balaban J connectivity index is 1.77. The van der Waals surface area contributed by atoms with Crippen LogP contribution >= 0.6 is 0 Å². The summed E-state index contributed by atoms with van der Waals surface area (Å²) in [7, 11) is 0. The predicted molar refractivity (Wildman–Crippen MR) is 149 cm³/mol. The Bertz CT molecular complexity index is 1110. The molecule has 0 heterocycles. The Labute approximate surface area is 217 Å². The van der Waals surface area contributed by atoms with Gasteiger partial charge in [-0.2, -0.15) is 0 Å². The molecule has 0 radical (unpaired) electrons. The number of hydrogen-bond donors (Lipinski definition) is 2. The van der Waals surface area contributed by atoms with E-state index in [-0.39, 0.29) is 22.7 Å². The van der Waals surface area contributed by atoms with Crippen molar-refractivity contribution in [1.82, 2.24) is 0 Å². The minimum Gasteiger partial charge on any atom is -0.507 e. The van der Waals surface area contributed by atoms with Crippen LogP contribution in [-0.2, 0) is 12.8 Å². The first-order chi connectivity index (χ1) is 17.0. The van der Waals surface area contributed by atoms with Gasteiger partial charge in [0.1, 0.15) is 17.1 Å². The summed E-state index contributed by atoms with van der Waals surface area (Å²) in [5.41, 5.74) is 3.13. The summed E-state index contributed by atoms with van der Waals surface area (Å²) in [6.07, 6.45) is 11.8. The molecule has 3 nitrogen and oxygen atoms in total. The molecule has 2 aromatic rings. The lowest BCUT2D eigenvalue weighted by Crippen LogP contribution is -2.56. The molecule has 2 saturated carbocycles. The van der Waals surface area contributed by atoms with Crippen LogP contribution in [0.15, 0.2) is 61.7 Å². The first-order valence-electron chi connectivity index (χ1n) is 13.6. The molecule has 0 aliphatic heterocycles. The number of benzene rings is 2. The number of allylic oxidation sites excluding steroid dienone is 2. The summed E-state index contributed by atoms with van der Waals surface area (Å²) in [4.78, 5) is 0. The van der Waals surface area contributed by atoms with Gasteiger partial charge < -0.3 is 14.9 Å². The zero-order valence-electron chi connectivity index (χ0n) is 22.6. The van der Waals surface area contributed by atoms with E-state index in [1.807, 2.05) is 32.1 Å². The maximum Gasteiger partial charge on any atom is 0.128 e. The van der Waals surface area contributed by atoms with Gasteiger partial charge in [-0.1, -0.05) is 31.2 Å². The molecule has 2 N–H and O–H groups in total. The van der Waals surface area contributed by atoms with Crippen LogP contribution in [0.4, 0.5) is 0 Å². The van der Waals surface area contributed by atoms with E-state index in [2.05, 4.69) is 51.3 Å². The number of aromatic hydroxyl groups is 1. The molecule has 0 amide bonds. The van der Waals surface area contributed by atoms with Crippen molar-refractivity contribution in [2.45, 2.75) is 90.3 Å². The van der Waals surface area contributed by atoms with Crippen molar-refractivity contribution in [3.8, 4) is 22.6 Å². The van der Waals surface area contributed by atoms with Gasteiger partial charge in [-0.25, -0.2) is 0 Å². The van der Waals surface area contributed by atoms with Crippen LogP contribution in [0.3, 0.4) is 0 Å². The van der Waals surface area contributed by atoms with E-state index < -0.39 is 5.60 Å². The third-order valence-electron chi connectivity index (χ3n) is 9.08. The van der Waals surface area contributed by atoms with Gasteiger partial charge in [0, 0.05) is 17.0 Å². The molecule has 0 spiro atoms. The molecule has 0 saturated heterocycles. The fourth-order valence-corrected chi connectivity index (χ4v) is 6.95. The number of rotatable bonds is 8. The lowest BCUT2D eigenvalue weighted by molar-refractivity contribution is -0.131. The molecule has 4 atom stereocenters. The van der Waals surface area contributed by atoms with E-state index in [1.54, 1.807) is 6.07 Å². The number of aliphatic hydroxyl groups is 1. The SMILES string of the molecule is C=CCc1ccc(O)c(-c2cc(CC=C)ccc2OC2(C)CCCC3(C)CCC(C(C)(C)O)CC32)c1. The van der Waals surface area contributed by atoms with Gasteiger partial charge in [0.15, 0.2) is 0 Å². The Morgan fingerprint density at radius 1 is 0.972 bits per heavy atom. The van der Waals surface area contributed by atoms with Crippen LogP contribution in [0.5, 0.6) is 11.5 Å². The van der Waals surface area contributed by atoms with E-state index in [0.717, 1.165) is 72.9 Å². The second-order valence-electron chi connectivity index (χ2n) is 12.3. The molecule has 2 aliphatic carbocycles. The standard InChI is InChI=1S/C33H44O3/c1-7-10-23-12-14-28(34)26(20-23)27-21-24(11-8-2)13-15-29(27)36-33(6)18-9-17-32(5)19-16-25(22-30(32)33)31(3,4)35/h7-8,12-15,20-21,25,30,34-35H,1-2,9-11,16-19,22H2,3-6H3. The first kappa shape index (κ1) is 26.5. The van der Waals surface area contributed by atoms with Crippen molar-refractivity contribution in [3.63, 3.8) is 0 Å². The van der Waals surface area contributed by atoms with E-state index in [4.69, 9.17) is 4.74 Å². The Morgan fingerprint density at radius 3 is 2.25 bits per heavy atom. The van der Waals surface area contributed by atoms with Crippen LogP contribution in [0.2, 0.25) is 0 Å². The fraction of sp³-hybridized carbons (Fsp3) is 0.515. The summed E-state index contributed by atoms with van der Waals surface area (Å²) in [6.45, 7) is 16.4. The first-order valence-corrected chi connectivity index (χ1v) is 13.6. The van der Waals surface area contributed by atoms with E-state index in [1.165, 1.54) is 6.42 Å². The second kappa shape index (κ2) is 10.1. The molecule has 2 aliphatic rings. The highest BCUT2D eigenvalue weighted by Crippen LogP contribution is 2.58. The van der Waals surface area contributed by atoms with Crippen molar-refractivity contribution in [1.29, 1.82) is 0 Å². The highest BCUT2D eigenvalue weighted by Gasteiger charge is 2.54. The Kier molecular flexibility index (Phi) is 7.44. The van der Waals surface area contributed by atoms with Crippen LogP contribution in [-0.4, -0.2) is 21.4 Å². The number of phenols is 1. The number of fused-ring (bicyclic) bond motifs is 1. The number of hydrogen-bond acceptors (Lipinski definition) is 3. The molecule has 2 fully saturated rings. The largest absolute Gasteiger partial charge is 0.507 e. The molecule has 0 bridgehead atoms. The molecule has 3 heteroatoms. The predicted octanol–water partition coefficient (Wildman–Crippen LogP) is 8.03. The van der Waals surface area contributed by atoms with E-state index in [9.17, 15) is 10.2 Å². The lowest BCUT2D eigenvalue weighted by atomic mass is 9.52. The van der Waals surface area contributed by atoms with Crippen molar-refractivity contribution < 1.29 is 14.9 Å². The molecular formula is C33H44O3. The maximum absolute atomic E-state index is 10.9. The third-order valence-corrected chi connectivity index (χ3v) is 9.08. The molecule has 2 aromatic carbocycles. The van der Waals surface area contributed by atoms with Gasteiger partial charge in [0.25, 0.3) is 0 Å². The van der Waals surface area contributed by atoms with Crippen molar-refractivity contribution in [2.24, 2.45) is 17.3 Å². The minimum atomic E-state index is -0.686. The fourth-order valence-electron chi connectivity index (χ4n) is 6.95. The Hall–Kier alpha value is -2.52. The van der Waals surface area contributed by atoms with Gasteiger partial charge >= 0.3 is 0 Å². The van der Waals surface area contributed by atoms with E-state index >= 15 is 0 Å². The maximum atomic E-state index is 10.9. The van der Waals surface area contributed by atoms with Crippen LogP contribution in [0, 0.1) is 17.3 Å². The normalized spacial score (nSPS) is 28.2. The highest BCUT2D eigenvalue weighted by molar-refractivity contribution is 5.77. The van der Waals surface area contributed by atoms with Crippen LogP contribution in [0.25, 0.3) is 11.1 Å². The highest BCUT2D eigenvalue weighted by atomic mass is 16.5. The second-order valence-corrected chi connectivity index (χ2v) is 12.3. The average Bonchev–Trinajstić information content (AvgIpc) is 2.81. The molecule has 4 rings (SSSR count). The molecule has 0 aromatic heterocycles. The molecular weight excluding hydrogens is 444 g/mol. The smallest absolute Gasteiger partial charge is 0.128 e. The average molecular weight is 489 g/mol. The van der Waals surface area contributed by atoms with Crippen molar-refractivity contribution in [2.75, 3.05) is 0 Å². The van der Waals surface area contributed by atoms with Crippen LogP contribution < -0.4 is 4.74 Å². The number of ether oxygens (including phenoxy) is 1. The monoisotopic (exact) mass is 488 g/mol. The van der Waals surface area contributed by atoms with Gasteiger partial charge in [-0.3, -0.25) is 0 Å². The molecule has 194 valence electrons. The van der Waals surface area contributed by atoms with Gasteiger partial charge in [0.05, 0.1) is 5.60 Å². The quantitative estimate of drug-likeness (QED) is 0.370. The summed E-state index contributed by atoms with van der Waals surface area (Å²) in [5, 5.41) is 21.8. The summed E-state index contributed by atoms with van der Waals surface area (Å²) >= 11 is 0. The van der Waals surface area contributed by atoms with E-state index in [0.29, 0.717) is 5.92 Å². The topological polar surface area (TPSA) is 49.7 Å². The van der Waals surface area contributed by atoms with Crippen LogP contribution in [0.1, 0.15) is 77.3 Å². The lowest BCUT2D eigenvalue weighted by Gasteiger charge is -2.57. The summed E-state index contributed by atoms with van der Waals surface area (Å²) in [5.74, 6) is 1.68. The molecule has 36 heavy (non-hydrogen) atoms. The van der Waals surface area contributed by atoms with Gasteiger partial charge in [0.2, 0.25) is 0 Å². The van der Waals surface area contributed by atoms with Gasteiger partial charge in [-0.05, 0) is 119 Å². The zero-order valence-corrected chi connectivity index (χ0v) is 22.6. The number of phenolic OH excluding ortho intramolecular Hbond substituents is 1. The molecule has 4 unspecified atom stereocenters. The summed E-state index contributed by atoms with van der Waals surface area (Å²) < 4.78 is 7.07. The third kappa shape index (κ3) is 5.27. The van der Waals surface area contributed by atoms with Crippen molar-refractivity contribution in [3.05, 3.63) is 72.8 Å². The Morgan fingerprint density at radius 2 is 1.61 bits per heavy atom.